The molecular weight excluding hydrogens is 204 g/mol. The third kappa shape index (κ3) is 2.95. The second-order valence-electron chi connectivity index (χ2n) is 4.32. The molecule has 0 aliphatic rings. The van der Waals surface area contributed by atoms with Gasteiger partial charge >= 0.3 is 0 Å². The molecular formula is C12H18N2O2. The van der Waals surface area contributed by atoms with Crippen LogP contribution >= 0.6 is 0 Å². The Labute approximate surface area is 95.1 Å². The maximum atomic E-state index is 11.6. The smallest absolute Gasteiger partial charge is 0.253 e. The van der Waals surface area contributed by atoms with Crippen molar-refractivity contribution < 1.29 is 4.79 Å². The Morgan fingerprint density at radius 3 is 2.56 bits per heavy atom. The van der Waals surface area contributed by atoms with Crippen LogP contribution in [0.5, 0.6) is 0 Å². The van der Waals surface area contributed by atoms with Crippen LogP contribution in [0.15, 0.2) is 10.9 Å². The van der Waals surface area contributed by atoms with Crippen LogP contribution in [0.3, 0.4) is 0 Å². The van der Waals surface area contributed by atoms with E-state index in [1.165, 1.54) is 0 Å². The predicted molar refractivity (Wildman–Crippen MR) is 63.2 cm³/mol. The fourth-order valence-electron chi connectivity index (χ4n) is 1.48. The van der Waals surface area contributed by atoms with E-state index in [1.807, 2.05) is 33.8 Å². The summed E-state index contributed by atoms with van der Waals surface area (Å²) >= 11 is 0. The number of pyridine rings is 1. The summed E-state index contributed by atoms with van der Waals surface area (Å²) in [5.74, 6) is -0.107. The normalized spacial score (nSPS) is 10.6. The van der Waals surface area contributed by atoms with E-state index in [1.54, 1.807) is 0 Å². The molecule has 1 amide bonds. The molecule has 0 aliphatic heterocycles. The van der Waals surface area contributed by atoms with Gasteiger partial charge in [0.25, 0.3) is 5.56 Å². The van der Waals surface area contributed by atoms with Gasteiger partial charge in [-0.15, -0.1) is 0 Å². The molecule has 0 atom stereocenters. The zero-order valence-corrected chi connectivity index (χ0v) is 10.2. The summed E-state index contributed by atoms with van der Waals surface area (Å²) in [4.78, 5) is 25.7. The van der Waals surface area contributed by atoms with Crippen molar-refractivity contribution in [1.82, 2.24) is 10.3 Å². The lowest BCUT2D eigenvalue weighted by Crippen LogP contribution is -2.30. The number of carbonyl (C=O) groups is 1. The fourth-order valence-corrected chi connectivity index (χ4v) is 1.48. The van der Waals surface area contributed by atoms with Crippen LogP contribution in [0.2, 0.25) is 0 Å². The van der Waals surface area contributed by atoms with E-state index in [4.69, 9.17) is 0 Å². The number of H-pyrrole nitrogens is 1. The molecule has 0 unspecified atom stereocenters. The van der Waals surface area contributed by atoms with Gasteiger partial charge in [0.15, 0.2) is 0 Å². The first-order valence-electron chi connectivity index (χ1n) is 5.39. The number of aromatic nitrogens is 1. The van der Waals surface area contributed by atoms with E-state index in [2.05, 4.69) is 10.3 Å². The molecule has 4 nitrogen and oxygen atoms in total. The van der Waals surface area contributed by atoms with Crippen molar-refractivity contribution in [3.8, 4) is 0 Å². The Kier molecular flexibility index (Phi) is 3.88. The monoisotopic (exact) mass is 222 g/mol. The van der Waals surface area contributed by atoms with Crippen molar-refractivity contribution >= 4 is 5.91 Å². The van der Waals surface area contributed by atoms with Gasteiger partial charge in [-0.2, -0.15) is 0 Å². The van der Waals surface area contributed by atoms with Gasteiger partial charge in [-0.3, -0.25) is 9.59 Å². The van der Waals surface area contributed by atoms with Gasteiger partial charge in [0.2, 0.25) is 5.91 Å². The molecule has 1 heterocycles. The van der Waals surface area contributed by atoms with Crippen LogP contribution in [0, 0.1) is 19.8 Å². The van der Waals surface area contributed by atoms with Crippen LogP contribution in [-0.4, -0.2) is 10.9 Å². The summed E-state index contributed by atoms with van der Waals surface area (Å²) in [5, 5.41) is 2.74. The Balaban J connectivity index is 2.83. The summed E-state index contributed by atoms with van der Waals surface area (Å²) in [6.45, 7) is 7.64. The van der Waals surface area contributed by atoms with Crippen LogP contribution in [0.1, 0.15) is 30.7 Å². The summed E-state index contributed by atoms with van der Waals surface area (Å²) < 4.78 is 0. The van der Waals surface area contributed by atoms with E-state index in [0.29, 0.717) is 12.1 Å². The molecule has 16 heavy (non-hydrogen) atoms. The minimum absolute atomic E-state index is 0.0422. The van der Waals surface area contributed by atoms with Gasteiger partial charge < -0.3 is 10.3 Å². The number of carbonyl (C=O) groups excluding carboxylic acids is 1. The van der Waals surface area contributed by atoms with Gasteiger partial charge in [-0.25, -0.2) is 0 Å². The molecule has 4 heteroatoms. The zero-order chi connectivity index (χ0) is 12.3. The molecule has 0 saturated carbocycles. The lowest BCUT2D eigenvalue weighted by molar-refractivity contribution is -0.124. The average Bonchev–Trinajstić information content (AvgIpc) is 2.15. The number of hydrogen-bond donors (Lipinski definition) is 2. The third-order valence-corrected chi connectivity index (χ3v) is 2.46. The van der Waals surface area contributed by atoms with E-state index >= 15 is 0 Å². The highest BCUT2D eigenvalue weighted by molar-refractivity contribution is 5.77. The molecule has 0 fully saturated rings. The molecule has 1 aromatic heterocycles. The SMILES string of the molecule is Cc1cc(C)c(CNC(=O)C(C)C)c(=O)[nH]1. The predicted octanol–water partition coefficient (Wildman–Crippen LogP) is 1.26. The molecule has 0 spiro atoms. The summed E-state index contributed by atoms with van der Waals surface area (Å²) in [6, 6.07) is 1.90. The molecule has 88 valence electrons. The first kappa shape index (κ1) is 12.5. The topological polar surface area (TPSA) is 62.0 Å². The van der Waals surface area contributed by atoms with Gasteiger partial charge in [0.1, 0.15) is 0 Å². The number of nitrogens with one attached hydrogen (secondary N) is 2. The molecule has 0 saturated heterocycles. The van der Waals surface area contributed by atoms with Crippen molar-refractivity contribution in [2.45, 2.75) is 34.2 Å². The Hall–Kier alpha value is -1.58. The van der Waals surface area contributed by atoms with Crippen molar-refractivity contribution in [1.29, 1.82) is 0 Å². The summed E-state index contributed by atoms with van der Waals surface area (Å²) in [7, 11) is 0. The molecule has 0 aromatic carbocycles. The maximum Gasteiger partial charge on any atom is 0.253 e. The Morgan fingerprint density at radius 1 is 1.44 bits per heavy atom. The quantitative estimate of drug-likeness (QED) is 0.809. The number of rotatable bonds is 3. The minimum atomic E-state index is -0.124. The Morgan fingerprint density at radius 2 is 2.06 bits per heavy atom. The second-order valence-corrected chi connectivity index (χ2v) is 4.32. The lowest BCUT2D eigenvalue weighted by atomic mass is 10.1. The molecule has 1 rings (SSSR count). The number of amides is 1. The third-order valence-electron chi connectivity index (χ3n) is 2.46. The highest BCUT2D eigenvalue weighted by Crippen LogP contribution is 2.03. The number of aryl methyl sites for hydroxylation is 2. The fraction of sp³-hybridized carbons (Fsp3) is 0.500. The molecule has 0 radical (unpaired) electrons. The minimum Gasteiger partial charge on any atom is -0.352 e. The van der Waals surface area contributed by atoms with Gasteiger partial charge in [-0.1, -0.05) is 13.8 Å². The van der Waals surface area contributed by atoms with Gasteiger partial charge in [-0.05, 0) is 25.5 Å². The standard InChI is InChI=1S/C12H18N2O2/c1-7(2)11(15)13-6-10-8(3)5-9(4)14-12(10)16/h5,7H,6H2,1-4H3,(H,13,15)(H,14,16). The average molecular weight is 222 g/mol. The number of aromatic amines is 1. The molecule has 0 aliphatic carbocycles. The van der Waals surface area contributed by atoms with Crippen LogP contribution < -0.4 is 10.9 Å². The molecule has 0 bridgehead atoms. The van der Waals surface area contributed by atoms with Crippen molar-refractivity contribution in [3.63, 3.8) is 0 Å². The second kappa shape index (κ2) is 4.96. The highest BCUT2D eigenvalue weighted by atomic mass is 16.2. The highest BCUT2D eigenvalue weighted by Gasteiger charge is 2.09. The first-order chi connectivity index (χ1) is 7.41. The number of hydrogen-bond acceptors (Lipinski definition) is 2. The lowest BCUT2D eigenvalue weighted by Gasteiger charge is -2.09. The van der Waals surface area contributed by atoms with E-state index in [9.17, 15) is 9.59 Å². The van der Waals surface area contributed by atoms with Gasteiger partial charge in [0.05, 0.1) is 0 Å². The van der Waals surface area contributed by atoms with Crippen molar-refractivity contribution in [2.75, 3.05) is 0 Å². The van der Waals surface area contributed by atoms with E-state index < -0.39 is 0 Å². The van der Waals surface area contributed by atoms with Crippen LogP contribution in [0.25, 0.3) is 0 Å². The first-order valence-corrected chi connectivity index (χ1v) is 5.39. The van der Waals surface area contributed by atoms with Gasteiger partial charge in [0, 0.05) is 23.7 Å². The Bertz CT molecular complexity index is 447. The zero-order valence-electron chi connectivity index (χ0n) is 10.2. The molecule has 2 N–H and O–H groups in total. The van der Waals surface area contributed by atoms with Crippen LogP contribution in [0.4, 0.5) is 0 Å². The van der Waals surface area contributed by atoms with Crippen LogP contribution in [-0.2, 0) is 11.3 Å². The summed E-state index contributed by atoms with van der Waals surface area (Å²) in [5.41, 5.74) is 2.24. The van der Waals surface area contributed by atoms with Crippen molar-refractivity contribution in [2.24, 2.45) is 5.92 Å². The van der Waals surface area contributed by atoms with Crippen molar-refractivity contribution in [3.05, 3.63) is 33.2 Å². The largest absolute Gasteiger partial charge is 0.352 e. The van der Waals surface area contributed by atoms with E-state index in [0.717, 1.165) is 11.3 Å². The molecule has 1 aromatic rings. The summed E-state index contributed by atoms with van der Waals surface area (Å²) in [6.07, 6.45) is 0. The maximum absolute atomic E-state index is 11.6. The van der Waals surface area contributed by atoms with E-state index in [-0.39, 0.29) is 17.4 Å².